The number of ether oxygens (including phenoxy) is 1. The van der Waals surface area contributed by atoms with E-state index in [1.165, 1.54) is 0 Å². The van der Waals surface area contributed by atoms with Crippen LogP contribution in [0.2, 0.25) is 5.02 Å². The quantitative estimate of drug-likeness (QED) is 0.598. The normalized spacial score (nSPS) is 14.0. The summed E-state index contributed by atoms with van der Waals surface area (Å²) in [6, 6.07) is 5.27. The maximum absolute atomic E-state index is 11.8. The van der Waals surface area contributed by atoms with Crippen LogP contribution >= 0.6 is 11.6 Å². The average molecular weight is 251 g/mol. The van der Waals surface area contributed by atoms with Gasteiger partial charge in [-0.25, -0.2) is 4.79 Å². The Morgan fingerprint density at radius 2 is 2.24 bits per heavy atom. The van der Waals surface area contributed by atoms with Gasteiger partial charge in [-0.05, 0) is 36.3 Å². The molecular weight excluding hydrogens is 240 g/mol. The zero-order valence-corrected chi connectivity index (χ0v) is 10.1. The number of ketones is 1. The van der Waals surface area contributed by atoms with Gasteiger partial charge in [-0.1, -0.05) is 17.7 Å². The van der Waals surface area contributed by atoms with Crippen LogP contribution in [0.25, 0.3) is 6.08 Å². The van der Waals surface area contributed by atoms with Crippen LogP contribution in [0.15, 0.2) is 23.8 Å². The highest BCUT2D eigenvalue weighted by molar-refractivity contribution is 6.31. The van der Waals surface area contributed by atoms with Crippen LogP contribution in [0.5, 0.6) is 0 Å². The predicted molar refractivity (Wildman–Crippen MR) is 64.8 cm³/mol. The minimum Gasteiger partial charge on any atom is -0.462 e. The fourth-order valence-electron chi connectivity index (χ4n) is 1.75. The van der Waals surface area contributed by atoms with Crippen LogP contribution < -0.4 is 0 Å². The summed E-state index contributed by atoms with van der Waals surface area (Å²) < 4.78 is 4.84. The molecule has 17 heavy (non-hydrogen) atoms. The molecule has 0 saturated heterocycles. The van der Waals surface area contributed by atoms with Crippen molar-refractivity contribution in [2.45, 2.75) is 13.3 Å². The van der Waals surface area contributed by atoms with Gasteiger partial charge in [0, 0.05) is 11.4 Å². The molecule has 0 saturated carbocycles. The fraction of sp³-hybridized carbons (Fsp3) is 0.231. The summed E-state index contributed by atoms with van der Waals surface area (Å²) in [5.74, 6) is -0.776. The van der Waals surface area contributed by atoms with E-state index in [1.807, 2.05) is 0 Å². The maximum atomic E-state index is 11.8. The van der Waals surface area contributed by atoms with Gasteiger partial charge >= 0.3 is 5.97 Å². The number of esters is 1. The number of halogens is 1. The first-order valence-corrected chi connectivity index (χ1v) is 5.70. The van der Waals surface area contributed by atoms with Crippen LogP contribution in [-0.4, -0.2) is 18.4 Å². The third-order valence-corrected chi connectivity index (χ3v) is 2.79. The lowest BCUT2D eigenvalue weighted by Crippen LogP contribution is -2.20. The number of hydrogen-bond acceptors (Lipinski definition) is 3. The van der Waals surface area contributed by atoms with Gasteiger partial charge in [0.2, 0.25) is 0 Å². The lowest BCUT2D eigenvalue weighted by atomic mass is 9.91. The minimum absolute atomic E-state index is 0.0987. The average Bonchev–Trinajstić information content (AvgIpc) is 2.29. The second-order valence-corrected chi connectivity index (χ2v) is 4.16. The molecule has 0 fully saturated rings. The van der Waals surface area contributed by atoms with Crippen molar-refractivity contribution in [3.8, 4) is 0 Å². The molecule has 1 aromatic rings. The second kappa shape index (κ2) is 4.72. The number of hydrogen-bond donors (Lipinski definition) is 0. The first-order valence-electron chi connectivity index (χ1n) is 5.32. The van der Waals surface area contributed by atoms with E-state index in [0.717, 1.165) is 11.1 Å². The minimum atomic E-state index is -0.567. The van der Waals surface area contributed by atoms with Gasteiger partial charge in [0.15, 0.2) is 5.78 Å². The molecular formula is C13H11ClO3. The standard InChI is InChI=1S/C13H11ClO3/c1-2-17-13(16)11-6-9-5-10(14)4-3-8(9)7-12(11)15/h3-6H,2,7H2,1H3. The van der Waals surface area contributed by atoms with E-state index in [1.54, 1.807) is 31.2 Å². The zero-order valence-electron chi connectivity index (χ0n) is 9.33. The summed E-state index contributed by atoms with van der Waals surface area (Å²) in [7, 11) is 0. The molecule has 1 aliphatic rings. The first-order chi connectivity index (χ1) is 8.11. The van der Waals surface area contributed by atoms with Crippen LogP contribution in [0, 0.1) is 0 Å². The van der Waals surface area contributed by atoms with Gasteiger partial charge in [0.1, 0.15) is 5.57 Å². The molecule has 0 radical (unpaired) electrons. The largest absolute Gasteiger partial charge is 0.462 e. The van der Waals surface area contributed by atoms with E-state index in [0.29, 0.717) is 5.02 Å². The van der Waals surface area contributed by atoms with Crippen LogP contribution in [0.4, 0.5) is 0 Å². The van der Waals surface area contributed by atoms with Crippen molar-refractivity contribution < 1.29 is 14.3 Å². The van der Waals surface area contributed by atoms with Crippen molar-refractivity contribution >= 4 is 29.4 Å². The van der Waals surface area contributed by atoms with Crippen LogP contribution in [0.1, 0.15) is 18.1 Å². The highest BCUT2D eigenvalue weighted by Crippen LogP contribution is 2.25. The highest BCUT2D eigenvalue weighted by atomic mass is 35.5. The van der Waals surface area contributed by atoms with Crippen molar-refractivity contribution in [2.75, 3.05) is 6.61 Å². The van der Waals surface area contributed by atoms with E-state index >= 15 is 0 Å². The number of carbonyl (C=O) groups is 2. The Labute approximate surface area is 104 Å². The summed E-state index contributed by atoms with van der Waals surface area (Å²) >= 11 is 5.87. The molecule has 0 atom stereocenters. The summed E-state index contributed by atoms with van der Waals surface area (Å²) in [6.45, 7) is 1.96. The number of Topliss-reactive ketones (excluding diaryl/α,β-unsaturated/α-hetero) is 1. The van der Waals surface area contributed by atoms with Crippen LogP contribution in [-0.2, 0) is 20.7 Å². The lowest BCUT2D eigenvalue weighted by Gasteiger charge is -2.14. The molecule has 2 rings (SSSR count). The molecule has 4 heteroatoms. The number of rotatable bonds is 2. The van der Waals surface area contributed by atoms with Gasteiger partial charge in [0.25, 0.3) is 0 Å². The lowest BCUT2D eigenvalue weighted by molar-refractivity contribution is -0.139. The third-order valence-electron chi connectivity index (χ3n) is 2.55. The summed E-state index contributed by atoms with van der Waals surface area (Å²) in [4.78, 5) is 23.3. The van der Waals surface area contributed by atoms with Crippen molar-refractivity contribution in [1.29, 1.82) is 0 Å². The molecule has 1 aliphatic carbocycles. The highest BCUT2D eigenvalue weighted by Gasteiger charge is 2.24. The van der Waals surface area contributed by atoms with Crippen molar-refractivity contribution in [1.82, 2.24) is 0 Å². The summed E-state index contributed by atoms with van der Waals surface area (Å²) in [6.07, 6.45) is 1.77. The predicted octanol–water partition coefficient (Wildman–Crippen LogP) is 2.41. The number of carbonyl (C=O) groups excluding carboxylic acids is 2. The Kier molecular flexibility index (Phi) is 3.29. The third kappa shape index (κ3) is 2.39. The molecule has 0 N–H and O–H groups in total. The maximum Gasteiger partial charge on any atom is 0.341 e. The first kappa shape index (κ1) is 11.9. The van der Waals surface area contributed by atoms with Crippen LogP contribution in [0.3, 0.4) is 0 Å². The Morgan fingerprint density at radius 3 is 2.94 bits per heavy atom. The molecule has 88 valence electrons. The van der Waals surface area contributed by atoms with Crippen molar-refractivity contribution in [3.63, 3.8) is 0 Å². The zero-order chi connectivity index (χ0) is 12.4. The molecule has 0 aliphatic heterocycles. The van der Waals surface area contributed by atoms with E-state index in [4.69, 9.17) is 16.3 Å². The topological polar surface area (TPSA) is 43.4 Å². The summed E-state index contributed by atoms with van der Waals surface area (Å²) in [5.41, 5.74) is 1.79. The van der Waals surface area contributed by atoms with E-state index in [2.05, 4.69) is 0 Å². The molecule has 0 aromatic heterocycles. The molecule has 0 unspecified atom stereocenters. The smallest absolute Gasteiger partial charge is 0.341 e. The second-order valence-electron chi connectivity index (χ2n) is 3.72. The van der Waals surface area contributed by atoms with E-state index in [-0.39, 0.29) is 24.4 Å². The molecule has 3 nitrogen and oxygen atoms in total. The van der Waals surface area contributed by atoms with Gasteiger partial charge in [-0.2, -0.15) is 0 Å². The van der Waals surface area contributed by atoms with Gasteiger partial charge in [-0.15, -0.1) is 0 Å². The Balaban J connectivity index is 2.41. The SMILES string of the molecule is CCOC(=O)C1=Cc2cc(Cl)ccc2CC1=O. The molecule has 0 spiro atoms. The Hall–Kier alpha value is -1.61. The van der Waals surface area contributed by atoms with Crippen molar-refractivity contribution in [2.24, 2.45) is 0 Å². The molecule has 0 bridgehead atoms. The molecule has 0 heterocycles. The van der Waals surface area contributed by atoms with Crippen molar-refractivity contribution in [3.05, 3.63) is 39.9 Å². The molecule has 0 amide bonds. The summed E-state index contributed by atoms with van der Waals surface area (Å²) in [5, 5.41) is 0.581. The van der Waals surface area contributed by atoms with Gasteiger partial charge < -0.3 is 4.74 Å². The fourth-order valence-corrected chi connectivity index (χ4v) is 1.93. The number of fused-ring (bicyclic) bond motifs is 1. The Morgan fingerprint density at radius 1 is 1.47 bits per heavy atom. The molecule has 1 aromatic carbocycles. The Bertz CT molecular complexity index is 517. The van der Waals surface area contributed by atoms with E-state index < -0.39 is 5.97 Å². The van der Waals surface area contributed by atoms with Gasteiger partial charge in [0.05, 0.1) is 6.61 Å². The number of benzene rings is 1. The van der Waals surface area contributed by atoms with Gasteiger partial charge in [-0.3, -0.25) is 4.79 Å². The monoisotopic (exact) mass is 250 g/mol. The van der Waals surface area contributed by atoms with E-state index in [9.17, 15) is 9.59 Å².